The van der Waals surface area contributed by atoms with Gasteiger partial charge in [0.05, 0.1) is 0 Å². The van der Waals surface area contributed by atoms with Crippen LogP contribution in [0.25, 0.3) is 0 Å². The average molecular weight is 254 g/mol. The summed E-state index contributed by atoms with van der Waals surface area (Å²) >= 11 is 0. The topological polar surface area (TPSA) is 60.9 Å². The van der Waals surface area contributed by atoms with Crippen molar-refractivity contribution in [3.63, 3.8) is 0 Å². The van der Waals surface area contributed by atoms with Crippen molar-refractivity contribution in [1.29, 1.82) is 0 Å². The predicted octanol–water partition coefficient (Wildman–Crippen LogP) is 1.63. The zero-order valence-electron chi connectivity index (χ0n) is 11.0. The molecule has 18 heavy (non-hydrogen) atoms. The van der Waals surface area contributed by atoms with Gasteiger partial charge in [-0.1, -0.05) is 6.92 Å². The molecule has 0 bridgehead atoms. The Kier molecular flexibility index (Phi) is 4.09. The van der Waals surface area contributed by atoms with Crippen molar-refractivity contribution in [2.24, 2.45) is 11.8 Å². The van der Waals surface area contributed by atoms with E-state index in [9.17, 15) is 9.59 Å². The number of aliphatic carboxylic acids is 1. The highest BCUT2D eigenvalue weighted by molar-refractivity contribution is 5.75. The van der Waals surface area contributed by atoms with Gasteiger partial charge in [-0.3, -0.25) is 4.79 Å². The predicted molar refractivity (Wildman–Crippen MR) is 67.3 cm³/mol. The quantitative estimate of drug-likeness (QED) is 0.814. The van der Waals surface area contributed by atoms with Crippen LogP contribution in [0.3, 0.4) is 0 Å². The first-order valence-corrected chi connectivity index (χ1v) is 6.82. The minimum Gasteiger partial charge on any atom is -0.481 e. The summed E-state index contributed by atoms with van der Waals surface area (Å²) in [6.45, 7) is 5.24. The normalized spacial score (nSPS) is 28.5. The molecule has 2 fully saturated rings. The molecular formula is C13H22N2O3. The van der Waals surface area contributed by atoms with E-state index in [1.165, 1.54) is 0 Å². The molecule has 2 rings (SSSR count). The maximum absolute atomic E-state index is 12.3. The summed E-state index contributed by atoms with van der Waals surface area (Å²) in [6, 6.07) is 0.106. The first-order valence-electron chi connectivity index (χ1n) is 6.82. The number of hydrogen-bond donors (Lipinski definition) is 1. The van der Waals surface area contributed by atoms with Gasteiger partial charge < -0.3 is 14.9 Å². The Morgan fingerprint density at radius 2 is 1.89 bits per heavy atom. The van der Waals surface area contributed by atoms with Crippen molar-refractivity contribution >= 4 is 12.0 Å². The zero-order chi connectivity index (χ0) is 13.1. The molecule has 102 valence electrons. The first kappa shape index (κ1) is 13.2. The van der Waals surface area contributed by atoms with Crippen molar-refractivity contribution in [3.8, 4) is 0 Å². The Bertz CT molecular complexity index is 332. The second-order valence-electron chi connectivity index (χ2n) is 5.67. The van der Waals surface area contributed by atoms with Crippen LogP contribution < -0.4 is 0 Å². The number of likely N-dealkylation sites (tertiary alicyclic amines) is 2. The summed E-state index contributed by atoms with van der Waals surface area (Å²) in [6.07, 6.45) is 3.11. The van der Waals surface area contributed by atoms with Crippen molar-refractivity contribution in [2.45, 2.75) is 32.6 Å². The van der Waals surface area contributed by atoms with Crippen LogP contribution in [-0.2, 0) is 4.79 Å². The molecule has 5 nitrogen and oxygen atoms in total. The minimum atomic E-state index is -0.760. The Labute approximate surface area is 108 Å². The molecule has 0 aromatic heterocycles. The molecule has 0 radical (unpaired) electrons. The maximum Gasteiger partial charge on any atom is 0.320 e. The Balaban J connectivity index is 1.88. The van der Waals surface area contributed by atoms with Crippen LogP contribution in [0.2, 0.25) is 0 Å². The molecular weight excluding hydrogens is 232 g/mol. The smallest absolute Gasteiger partial charge is 0.320 e. The fourth-order valence-corrected chi connectivity index (χ4v) is 2.96. The third-order valence-corrected chi connectivity index (χ3v) is 3.95. The third kappa shape index (κ3) is 3.15. The van der Waals surface area contributed by atoms with E-state index in [0.29, 0.717) is 12.5 Å². The highest BCUT2D eigenvalue weighted by atomic mass is 16.4. The van der Waals surface area contributed by atoms with Crippen LogP contribution in [0.5, 0.6) is 0 Å². The van der Waals surface area contributed by atoms with Gasteiger partial charge in [-0.15, -0.1) is 0 Å². The lowest BCUT2D eigenvalue weighted by Crippen LogP contribution is -2.47. The van der Waals surface area contributed by atoms with Gasteiger partial charge in [0.25, 0.3) is 0 Å². The SMILES string of the molecule is CC1CCN(C(=O)N2CCCC(CC(=O)O)C2)C1. The summed E-state index contributed by atoms with van der Waals surface area (Å²) in [5, 5.41) is 8.82. The summed E-state index contributed by atoms with van der Waals surface area (Å²) in [7, 11) is 0. The second-order valence-corrected chi connectivity index (χ2v) is 5.67. The molecule has 2 aliphatic heterocycles. The number of carbonyl (C=O) groups excluding carboxylic acids is 1. The second kappa shape index (κ2) is 5.59. The Morgan fingerprint density at radius 3 is 2.50 bits per heavy atom. The number of hydrogen-bond acceptors (Lipinski definition) is 2. The Morgan fingerprint density at radius 1 is 1.17 bits per heavy atom. The molecule has 0 aromatic rings. The monoisotopic (exact) mass is 254 g/mol. The van der Waals surface area contributed by atoms with Gasteiger partial charge in [-0.05, 0) is 31.1 Å². The lowest BCUT2D eigenvalue weighted by molar-refractivity contribution is -0.138. The number of carboxylic acid groups (broad SMARTS) is 1. The Hall–Kier alpha value is -1.26. The van der Waals surface area contributed by atoms with E-state index >= 15 is 0 Å². The molecule has 5 heteroatoms. The van der Waals surface area contributed by atoms with Crippen LogP contribution in [0.1, 0.15) is 32.6 Å². The van der Waals surface area contributed by atoms with Crippen molar-refractivity contribution in [3.05, 3.63) is 0 Å². The summed E-state index contributed by atoms with van der Waals surface area (Å²) in [5.74, 6) is -0.0436. The van der Waals surface area contributed by atoms with Gasteiger partial charge in [0.2, 0.25) is 0 Å². The number of nitrogens with zero attached hydrogens (tertiary/aromatic N) is 2. The summed E-state index contributed by atoms with van der Waals surface area (Å²) in [4.78, 5) is 26.8. The van der Waals surface area contributed by atoms with Crippen molar-refractivity contribution in [1.82, 2.24) is 9.80 Å². The van der Waals surface area contributed by atoms with Gasteiger partial charge in [-0.2, -0.15) is 0 Å². The van der Waals surface area contributed by atoms with Gasteiger partial charge in [0, 0.05) is 32.6 Å². The van der Waals surface area contributed by atoms with Crippen LogP contribution >= 0.6 is 0 Å². The molecule has 0 aromatic carbocycles. The number of urea groups is 1. The molecule has 0 spiro atoms. The van der Waals surface area contributed by atoms with Crippen LogP contribution in [-0.4, -0.2) is 53.1 Å². The highest BCUT2D eigenvalue weighted by Crippen LogP contribution is 2.23. The van der Waals surface area contributed by atoms with E-state index in [4.69, 9.17) is 5.11 Å². The van der Waals surface area contributed by atoms with Gasteiger partial charge in [-0.25, -0.2) is 4.79 Å². The maximum atomic E-state index is 12.3. The summed E-state index contributed by atoms with van der Waals surface area (Å²) < 4.78 is 0. The standard InChI is InChI=1S/C13H22N2O3/c1-10-4-6-15(8-10)13(18)14-5-2-3-11(9-14)7-12(16)17/h10-11H,2-9H2,1H3,(H,16,17). The minimum absolute atomic E-state index is 0.106. The van der Waals surface area contributed by atoms with Crippen LogP contribution in [0, 0.1) is 11.8 Å². The van der Waals surface area contributed by atoms with E-state index < -0.39 is 5.97 Å². The number of amides is 2. The molecule has 2 unspecified atom stereocenters. The van der Waals surface area contributed by atoms with Gasteiger partial charge >= 0.3 is 12.0 Å². The molecule has 2 aliphatic rings. The molecule has 2 heterocycles. The number of carboxylic acids is 1. The van der Waals surface area contributed by atoms with Crippen molar-refractivity contribution < 1.29 is 14.7 Å². The fraction of sp³-hybridized carbons (Fsp3) is 0.846. The molecule has 2 atom stereocenters. The van der Waals surface area contributed by atoms with E-state index in [2.05, 4.69) is 6.92 Å². The van der Waals surface area contributed by atoms with E-state index in [1.54, 1.807) is 0 Å². The number of carbonyl (C=O) groups is 2. The van der Waals surface area contributed by atoms with Crippen LogP contribution in [0.15, 0.2) is 0 Å². The zero-order valence-corrected chi connectivity index (χ0v) is 11.0. The molecule has 0 saturated carbocycles. The van der Waals surface area contributed by atoms with E-state index in [-0.39, 0.29) is 18.4 Å². The highest BCUT2D eigenvalue weighted by Gasteiger charge is 2.30. The van der Waals surface area contributed by atoms with E-state index in [1.807, 2.05) is 9.80 Å². The molecule has 2 amide bonds. The van der Waals surface area contributed by atoms with Gasteiger partial charge in [0.15, 0.2) is 0 Å². The lowest BCUT2D eigenvalue weighted by Gasteiger charge is -2.34. The molecule has 2 saturated heterocycles. The third-order valence-electron chi connectivity index (χ3n) is 3.95. The largest absolute Gasteiger partial charge is 0.481 e. The average Bonchev–Trinajstić information content (AvgIpc) is 2.74. The summed E-state index contributed by atoms with van der Waals surface area (Å²) in [5.41, 5.74) is 0. The van der Waals surface area contributed by atoms with E-state index in [0.717, 1.165) is 38.9 Å². The molecule has 1 N–H and O–H groups in total. The van der Waals surface area contributed by atoms with Crippen molar-refractivity contribution in [2.75, 3.05) is 26.2 Å². The number of piperidine rings is 1. The number of rotatable bonds is 2. The fourth-order valence-electron chi connectivity index (χ4n) is 2.96. The molecule has 0 aliphatic carbocycles. The van der Waals surface area contributed by atoms with Crippen LogP contribution in [0.4, 0.5) is 4.79 Å². The first-order chi connectivity index (χ1) is 8.56. The van der Waals surface area contributed by atoms with Gasteiger partial charge in [0.1, 0.15) is 0 Å². The lowest BCUT2D eigenvalue weighted by atomic mass is 9.95.